The number of amides is 2. The lowest BCUT2D eigenvalue weighted by atomic mass is 10.0. The van der Waals surface area contributed by atoms with Crippen molar-refractivity contribution < 1.29 is 22.7 Å². The first-order chi connectivity index (χ1) is 12.2. The molecular formula is C19H21F3N2O2. The molecule has 0 aromatic heterocycles. The van der Waals surface area contributed by atoms with Crippen LogP contribution in [0, 0.1) is 6.92 Å². The number of urea groups is 1. The summed E-state index contributed by atoms with van der Waals surface area (Å²) in [6.07, 6.45) is -4.55. The number of nitrogens with one attached hydrogen (secondary N) is 2. The van der Waals surface area contributed by atoms with Gasteiger partial charge in [-0.3, -0.25) is 0 Å². The first-order valence-electron chi connectivity index (χ1n) is 8.19. The van der Waals surface area contributed by atoms with E-state index >= 15 is 0 Å². The van der Waals surface area contributed by atoms with Gasteiger partial charge in [-0.2, -0.15) is 13.2 Å². The number of aryl methyl sites for hydroxylation is 1. The second-order valence-corrected chi connectivity index (χ2v) is 5.84. The van der Waals surface area contributed by atoms with Crippen molar-refractivity contribution in [2.45, 2.75) is 33.0 Å². The van der Waals surface area contributed by atoms with Crippen LogP contribution in [0.2, 0.25) is 0 Å². The summed E-state index contributed by atoms with van der Waals surface area (Å²) in [5, 5.41) is 4.92. The Labute approximate surface area is 150 Å². The van der Waals surface area contributed by atoms with Gasteiger partial charge in [0.05, 0.1) is 23.9 Å². The Morgan fingerprint density at radius 2 is 1.88 bits per heavy atom. The van der Waals surface area contributed by atoms with Gasteiger partial charge in [0.25, 0.3) is 0 Å². The van der Waals surface area contributed by atoms with Gasteiger partial charge in [0.1, 0.15) is 5.75 Å². The molecule has 0 radical (unpaired) electrons. The molecular weight excluding hydrogens is 345 g/mol. The van der Waals surface area contributed by atoms with Crippen molar-refractivity contribution >= 4 is 11.7 Å². The SMILES string of the molecule is CCOc1ccc(C)cc1C(C)NC(=O)Nc1ccccc1C(F)(F)F. The van der Waals surface area contributed by atoms with Crippen LogP contribution in [0.1, 0.15) is 36.6 Å². The zero-order valence-corrected chi connectivity index (χ0v) is 14.8. The van der Waals surface area contributed by atoms with Crippen LogP contribution >= 0.6 is 0 Å². The lowest BCUT2D eigenvalue weighted by molar-refractivity contribution is -0.136. The van der Waals surface area contributed by atoms with Crippen LogP contribution in [0.25, 0.3) is 0 Å². The van der Waals surface area contributed by atoms with Gasteiger partial charge < -0.3 is 15.4 Å². The van der Waals surface area contributed by atoms with Gasteiger partial charge in [-0.05, 0) is 39.0 Å². The minimum Gasteiger partial charge on any atom is -0.494 e. The molecule has 140 valence electrons. The van der Waals surface area contributed by atoms with Crippen molar-refractivity contribution in [3.63, 3.8) is 0 Å². The first-order valence-corrected chi connectivity index (χ1v) is 8.19. The summed E-state index contributed by atoms with van der Waals surface area (Å²) < 4.78 is 44.6. The van der Waals surface area contributed by atoms with Crippen LogP contribution in [0.15, 0.2) is 42.5 Å². The quantitative estimate of drug-likeness (QED) is 0.755. The lowest BCUT2D eigenvalue weighted by Gasteiger charge is -2.20. The number of hydrogen-bond acceptors (Lipinski definition) is 2. The number of anilines is 1. The van der Waals surface area contributed by atoms with Crippen molar-refractivity contribution in [1.82, 2.24) is 5.32 Å². The second kappa shape index (κ2) is 8.12. The van der Waals surface area contributed by atoms with E-state index in [0.29, 0.717) is 12.4 Å². The number of benzene rings is 2. The molecule has 0 aliphatic rings. The van der Waals surface area contributed by atoms with E-state index in [1.807, 2.05) is 32.0 Å². The average Bonchev–Trinajstić information content (AvgIpc) is 2.56. The summed E-state index contributed by atoms with van der Waals surface area (Å²) in [5.74, 6) is 0.626. The molecule has 0 heterocycles. The third-order valence-corrected chi connectivity index (χ3v) is 3.76. The molecule has 0 aliphatic carbocycles. The fraction of sp³-hybridized carbons (Fsp3) is 0.316. The number of alkyl halides is 3. The van der Waals surface area contributed by atoms with E-state index in [9.17, 15) is 18.0 Å². The predicted octanol–water partition coefficient (Wildman–Crippen LogP) is 5.30. The molecule has 2 amide bonds. The largest absolute Gasteiger partial charge is 0.494 e. The van der Waals surface area contributed by atoms with Gasteiger partial charge in [0.15, 0.2) is 0 Å². The van der Waals surface area contributed by atoms with Gasteiger partial charge in [-0.1, -0.05) is 29.8 Å². The third-order valence-electron chi connectivity index (χ3n) is 3.76. The smallest absolute Gasteiger partial charge is 0.418 e. The van der Waals surface area contributed by atoms with Crippen LogP contribution in [0.3, 0.4) is 0 Å². The normalized spacial score (nSPS) is 12.4. The molecule has 1 unspecified atom stereocenters. The summed E-state index contributed by atoms with van der Waals surface area (Å²) in [6, 6.07) is 9.24. The predicted molar refractivity (Wildman–Crippen MR) is 94.4 cm³/mol. The van der Waals surface area contributed by atoms with Gasteiger partial charge in [-0.25, -0.2) is 4.79 Å². The number of carbonyl (C=O) groups is 1. The van der Waals surface area contributed by atoms with Crippen LogP contribution < -0.4 is 15.4 Å². The number of halogens is 3. The Balaban J connectivity index is 2.15. The van der Waals surface area contributed by atoms with E-state index in [0.717, 1.165) is 17.2 Å². The maximum Gasteiger partial charge on any atom is 0.418 e. The molecule has 2 rings (SSSR count). The van der Waals surface area contributed by atoms with E-state index in [1.165, 1.54) is 18.2 Å². The summed E-state index contributed by atoms with van der Waals surface area (Å²) >= 11 is 0. The molecule has 0 fully saturated rings. The number of carbonyl (C=O) groups excluding carboxylic acids is 1. The Hall–Kier alpha value is -2.70. The van der Waals surface area contributed by atoms with E-state index in [-0.39, 0.29) is 5.69 Å². The number of hydrogen-bond donors (Lipinski definition) is 2. The molecule has 26 heavy (non-hydrogen) atoms. The fourth-order valence-corrected chi connectivity index (χ4v) is 2.57. The Bertz CT molecular complexity index is 776. The zero-order valence-electron chi connectivity index (χ0n) is 14.8. The van der Waals surface area contributed by atoms with E-state index < -0.39 is 23.8 Å². The maximum absolute atomic E-state index is 13.0. The molecule has 7 heteroatoms. The molecule has 0 saturated carbocycles. The highest BCUT2D eigenvalue weighted by Crippen LogP contribution is 2.34. The van der Waals surface area contributed by atoms with Crippen molar-refractivity contribution in [3.05, 3.63) is 59.2 Å². The molecule has 2 aromatic rings. The highest BCUT2D eigenvalue weighted by Gasteiger charge is 2.33. The molecule has 4 nitrogen and oxygen atoms in total. The molecule has 0 spiro atoms. The highest BCUT2D eigenvalue weighted by molar-refractivity contribution is 5.90. The minimum atomic E-state index is -4.55. The zero-order chi connectivity index (χ0) is 19.3. The van der Waals surface area contributed by atoms with Gasteiger partial charge in [0, 0.05) is 5.56 Å². The molecule has 2 N–H and O–H groups in total. The molecule has 1 atom stereocenters. The number of rotatable bonds is 5. The molecule has 2 aromatic carbocycles. The second-order valence-electron chi connectivity index (χ2n) is 5.84. The maximum atomic E-state index is 13.0. The van der Waals surface area contributed by atoms with Crippen LogP contribution in [0.5, 0.6) is 5.75 Å². The Morgan fingerprint density at radius 1 is 1.19 bits per heavy atom. The number of para-hydroxylation sites is 1. The molecule has 0 bridgehead atoms. The van der Waals surface area contributed by atoms with Crippen LogP contribution in [-0.2, 0) is 6.18 Å². The average molecular weight is 366 g/mol. The molecule has 0 saturated heterocycles. The summed E-state index contributed by atoms with van der Waals surface area (Å²) in [5.41, 5.74) is 0.554. The monoisotopic (exact) mass is 366 g/mol. The Kier molecular flexibility index (Phi) is 6.13. The topological polar surface area (TPSA) is 50.4 Å². The third kappa shape index (κ3) is 4.91. The van der Waals surface area contributed by atoms with Gasteiger partial charge in [0.2, 0.25) is 0 Å². The summed E-state index contributed by atoms with van der Waals surface area (Å²) in [4.78, 5) is 12.2. The number of ether oxygens (including phenoxy) is 1. The standard InChI is InChI=1S/C19H21F3N2O2/c1-4-26-17-10-9-12(2)11-14(17)13(3)23-18(25)24-16-8-6-5-7-15(16)19(20,21)22/h5-11,13H,4H2,1-3H3,(H2,23,24,25). The summed E-state index contributed by atoms with van der Waals surface area (Å²) in [7, 11) is 0. The van der Waals surface area contributed by atoms with Crippen molar-refractivity contribution in [2.24, 2.45) is 0 Å². The Morgan fingerprint density at radius 3 is 2.54 bits per heavy atom. The van der Waals surface area contributed by atoms with E-state index in [1.54, 1.807) is 6.92 Å². The van der Waals surface area contributed by atoms with Gasteiger partial charge >= 0.3 is 12.2 Å². The van der Waals surface area contributed by atoms with Crippen molar-refractivity contribution in [3.8, 4) is 5.75 Å². The van der Waals surface area contributed by atoms with Crippen molar-refractivity contribution in [1.29, 1.82) is 0 Å². The molecule has 0 aliphatic heterocycles. The van der Waals surface area contributed by atoms with Crippen LogP contribution in [-0.4, -0.2) is 12.6 Å². The van der Waals surface area contributed by atoms with E-state index in [2.05, 4.69) is 10.6 Å². The lowest BCUT2D eigenvalue weighted by Crippen LogP contribution is -2.32. The van der Waals surface area contributed by atoms with Crippen LogP contribution in [0.4, 0.5) is 23.7 Å². The summed E-state index contributed by atoms with van der Waals surface area (Å²) in [6.45, 7) is 5.97. The van der Waals surface area contributed by atoms with Crippen molar-refractivity contribution in [2.75, 3.05) is 11.9 Å². The first kappa shape index (κ1) is 19.6. The highest BCUT2D eigenvalue weighted by atomic mass is 19.4. The van der Waals surface area contributed by atoms with Gasteiger partial charge in [-0.15, -0.1) is 0 Å². The fourth-order valence-electron chi connectivity index (χ4n) is 2.57. The van der Waals surface area contributed by atoms with E-state index in [4.69, 9.17) is 4.74 Å². The minimum absolute atomic E-state index is 0.293.